The van der Waals surface area contributed by atoms with Crippen molar-refractivity contribution in [1.82, 2.24) is 0 Å². The van der Waals surface area contributed by atoms with Gasteiger partial charge < -0.3 is 14.2 Å². The van der Waals surface area contributed by atoms with E-state index in [0.29, 0.717) is 11.5 Å². The molecule has 0 saturated carbocycles. The van der Waals surface area contributed by atoms with Gasteiger partial charge in [-0.05, 0) is 37.6 Å². The number of rotatable bonds is 7. The van der Waals surface area contributed by atoms with Crippen LogP contribution in [0.3, 0.4) is 0 Å². The summed E-state index contributed by atoms with van der Waals surface area (Å²) in [6.45, 7) is 3.78. The summed E-state index contributed by atoms with van der Waals surface area (Å²) in [4.78, 5) is 12.2. The van der Waals surface area contributed by atoms with Gasteiger partial charge in [-0.15, -0.1) is 0 Å². The van der Waals surface area contributed by atoms with E-state index in [2.05, 4.69) is 0 Å². The molecule has 1 unspecified atom stereocenters. The summed E-state index contributed by atoms with van der Waals surface area (Å²) in [7, 11) is 0. The molecule has 0 aliphatic heterocycles. The standard InChI is InChI=1S/C18H20O4/c1-3-14(2)20-17(19)18(21-15-10-6-4-7-11-15)22-16-12-8-5-9-13-16/h4-14,18H,3H2,1-2H3. The van der Waals surface area contributed by atoms with Gasteiger partial charge in [0, 0.05) is 0 Å². The lowest BCUT2D eigenvalue weighted by molar-refractivity contribution is -0.170. The molecule has 0 aliphatic carbocycles. The Hall–Kier alpha value is -2.49. The van der Waals surface area contributed by atoms with E-state index in [4.69, 9.17) is 14.2 Å². The first kappa shape index (κ1) is 15.9. The smallest absolute Gasteiger partial charge is 0.389 e. The van der Waals surface area contributed by atoms with Crippen LogP contribution in [-0.4, -0.2) is 18.4 Å². The van der Waals surface area contributed by atoms with Crippen LogP contribution in [0.4, 0.5) is 0 Å². The number of esters is 1. The van der Waals surface area contributed by atoms with Gasteiger partial charge >= 0.3 is 12.3 Å². The zero-order chi connectivity index (χ0) is 15.8. The average molecular weight is 300 g/mol. The number of benzene rings is 2. The SMILES string of the molecule is CCC(C)OC(=O)C(Oc1ccccc1)Oc1ccccc1. The second-order valence-corrected chi connectivity index (χ2v) is 4.85. The maximum absolute atomic E-state index is 12.2. The fourth-order valence-electron chi connectivity index (χ4n) is 1.70. The second-order valence-electron chi connectivity index (χ2n) is 4.85. The van der Waals surface area contributed by atoms with Crippen molar-refractivity contribution < 1.29 is 19.0 Å². The van der Waals surface area contributed by atoms with Gasteiger partial charge in [-0.1, -0.05) is 43.3 Å². The molecule has 116 valence electrons. The molecule has 2 aromatic carbocycles. The topological polar surface area (TPSA) is 44.8 Å². The van der Waals surface area contributed by atoms with Gasteiger partial charge in [0.2, 0.25) is 0 Å². The molecule has 0 N–H and O–H groups in total. The molecular weight excluding hydrogens is 280 g/mol. The minimum atomic E-state index is -1.14. The van der Waals surface area contributed by atoms with Crippen LogP contribution in [0.1, 0.15) is 20.3 Å². The van der Waals surface area contributed by atoms with Gasteiger partial charge in [-0.2, -0.15) is 0 Å². The molecule has 0 bridgehead atoms. The average Bonchev–Trinajstić information content (AvgIpc) is 2.56. The van der Waals surface area contributed by atoms with Gasteiger partial charge in [0.05, 0.1) is 6.10 Å². The maximum atomic E-state index is 12.2. The predicted molar refractivity (Wildman–Crippen MR) is 83.8 cm³/mol. The lowest BCUT2D eigenvalue weighted by atomic mass is 10.3. The third kappa shape index (κ3) is 4.81. The second kappa shape index (κ2) is 8.08. The molecule has 0 saturated heterocycles. The molecule has 0 fully saturated rings. The summed E-state index contributed by atoms with van der Waals surface area (Å²) in [6, 6.07) is 18.1. The van der Waals surface area contributed by atoms with Crippen molar-refractivity contribution in [3.05, 3.63) is 60.7 Å². The van der Waals surface area contributed by atoms with Gasteiger partial charge in [0.15, 0.2) is 0 Å². The van der Waals surface area contributed by atoms with Crippen molar-refractivity contribution in [3.8, 4) is 11.5 Å². The predicted octanol–water partition coefficient (Wildman–Crippen LogP) is 3.81. The molecule has 22 heavy (non-hydrogen) atoms. The van der Waals surface area contributed by atoms with Crippen molar-refractivity contribution in [2.24, 2.45) is 0 Å². The molecule has 0 aromatic heterocycles. The van der Waals surface area contributed by atoms with Crippen LogP contribution in [-0.2, 0) is 9.53 Å². The zero-order valence-corrected chi connectivity index (χ0v) is 12.8. The molecule has 4 nitrogen and oxygen atoms in total. The summed E-state index contributed by atoms with van der Waals surface area (Å²) in [5.41, 5.74) is 0. The van der Waals surface area contributed by atoms with Crippen LogP contribution in [0.2, 0.25) is 0 Å². The van der Waals surface area contributed by atoms with Gasteiger partial charge in [-0.3, -0.25) is 0 Å². The minimum absolute atomic E-state index is 0.186. The molecule has 2 aromatic rings. The number of carbonyl (C=O) groups is 1. The van der Waals surface area contributed by atoms with E-state index in [-0.39, 0.29) is 6.10 Å². The van der Waals surface area contributed by atoms with E-state index in [1.54, 1.807) is 24.3 Å². The Balaban J connectivity index is 2.11. The van der Waals surface area contributed by atoms with Crippen LogP contribution < -0.4 is 9.47 Å². The first-order valence-corrected chi connectivity index (χ1v) is 7.33. The third-order valence-corrected chi connectivity index (χ3v) is 3.06. The summed E-state index contributed by atoms with van der Waals surface area (Å²) in [5.74, 6) is 0.552. The zero-order valence-electron chi connectivity index (χ0n) is 12.8. The quantitative estimate of drug-likeness (QED) is 0.576. The van der Waals surface area contributed by atoms with Crippen LogP contribution >= 0.6 is 0 Å². The Bertz CT molecular complexity index is 527. The van der Waals surface area contributed by atoms with Crippen molar-refractivity contribution in [3.63, 3.8) is 0 Å². The Morgan fingerprint density at radius 2 is 1.36 bits per heavy atom. The molecule has 0 amide bonds. The minimum Gasteiger partial charge on any atom is -0.457 e. The Kier molecular flexibility index (Phi) is 5.83. The van der Waals surface area contributed by atoms with Crippen molar-refractivity contribution in [1.29, 1.82) is 0 Å². The monoisotopic (exact) mass is 300 g/mol. The summed E-state index contributed by atoms with van der Waals surface area (Å²) in [5, 5.41) is 0. The molecule has 0 heterocycles. The Morgan fingerprint density at radius 1 is 0.909 bits per heavy atom. The molecule has 4 heteroatoms. The summed E-state index contributed by atoms with van der Waals surface area (Å²) in [6.07, 6.45) is -0.595. The lowest BCUT2D eigenvalue weighted by Crippen LogP contribution is -2.36. The Labute approximate surface area is 130 Å². The first-order valence-electron chi connectivity index (χ1n) is 7.33. The van der Waals surface area contributed by atoms with Gasteiger partial charge in [0.1, 0.15) is 11.5 Å². The number of ether oxygens (including phenoxy) is 3. The van der Waals surface area contributed by atoms with Crippen molar-refractivity contribution in [2.75, 3.05) is 0 Å². The lowest BCUT2D eigenvalue weighted by Gasteiger charge is -2.21. The molecule has 0 radical (unpaired) electrons. The normalized spacial score (nSPS) is 11.8. The maximum Gasteiger partial charge on any atom is 0.389 e. The van der Waals surface area contributed by atoms with Gasteiger partial charge in [0.25, 0.3) is 0 Å². The van der Waals surface area contributed by atoms with E-state index in [9.17, 15) is 4.79 Å². The number of carbonyl (C=O) groups excluding carboxylic acids is 1. The highest BCUT2D eigenvalue weighted by atomic mass is 16.7. The number of hydrogen-bond donors (Lipinski definition) is 0. The largest absolute Gasteiger partial charge is 0.457 e. The van der Waals surface area contributed by atoms with Crippen molar-refractivity contribution in [2.45, 2.75) is 32.7 Å². The van der Waals surface area contributed by atoms with Crippen LogP contribution in [0, 0.1) is 0 Å². The van der Waals surface area contributed by atoms with E-state index >= 15 is 0 Å². The molecule has 0 aliphatic rings. The Morgan fingerprint density at radius 3 is 1.77 bits per heavy atom. The van der Waals surface area contributed by atoms with Crippen LogP contribution in [0.15, 0.2) is 60.7 Å². The van der Waals surface area contributed by atoms with E-state index < -0.39 is 12.3 Å². The van der Waals surface area contributed by atoms with E-state index in [0.717, 1.165) is 6.42 Å². The highest BCUT2D eigenvalue weighted by Gasteiger charge is 2.26. The fourth-order valence-corrected chi connectivity index (χ4v) is 1.70. The van der Waals surface area contributed by atoms with Crippen LogP contribution in [0.25, 0.3) is 0 Å². The van der Waals surface area contributed by atoms with Crippen molar-refractivity contribution >= 4 is 5.97 Å². The molecule has 2 rings (SSSR count). The summed E-state index contributed by atoms with van der Waals surface area (Å²) < 4.78 is 16.6. The van der Waals surface area contributed by atoms with Crippen LogP contribution in [0.5, 0.6) is 11.5 Å². The molecule has 0 spiro atoms. The fraction of sp³-hybridized carbons (Fsp3) is 0.278. The first-order chi connectivity index (χ1) is 10.7. The number of para-hydroxylation sites is 2. The highest BCUT2D eigenvalue weighted by molar-refractivity contribution is 5.74. The van der Waals surface area contributed by atoms with E-state index in [1.165, 1.54) is 0 Å². The summed E-state index contributed by atoms with van der Waals surface area (Å²) >= 11 is 0. The van der Waals surface area contributed by atoms with Gasteiger partial charge in [-0.25, -0.2) is 4.79 Å². The molecule has 1 atom stereocenters. The third-order valence-electron chi connectivity index (χ3n) is 3.06. The van der Waals surface area contributed by atoms with E-state index in [1.807, 2.05) is 50.2 Å². The highest BCUT2D eigenvalue weighted by Crippen LogP contribution is 2.17. The molecular formula is C18H20O4. The number of hydrogen-bond acceptors (Lipinski definition) is 4.